The molecule has 0 aromatic carbocycles. The molecule has 0 spiro atoms. The second kappa shape index (κ2) is 5.29. The molecule has 102 valence electrons. The van der Waals surface area contributed by atoms with Crippen molar-refractivity contribution in [2.45, 2.75) is 32.1 Å². The van der Waals surface area contributed by atoms with Crippen molar-refractivity contribution >= 4 is 0 Å². The van der Waals surface area contributed by atoms with Gasteiger partial charge in [0.2, 0.25) is 0 Å². The van der Waals surface area contributed by atoms with Crippen LogP contribution in [0.1, 0.15) is 19.7 Å². The highest BCUT2D eigenvalue weighted by Crippen LogP contribution is 2.22. The van der Waals surface area contributed by atoms with Gasteiger partial charge in [0.25, 0.3) is 0 Å². The summed E-state index contributed by atoms with van der Waals surface area (Å²) in [6.45, 7) is 7.23. The summed E-state index contributed by atoms with van der Waals surface area (Å²) in [6.07, 6.45) is 0.0972. The first kappa shape index (κ1) is 13.4. The first-order valence-corrected chi connectivity index (χ1v) is 6.10. The van der Waals surface area contributed by atoms with Crippen LogP contribution < -0.4 is 0 Å². The molecule has 7 heteroatoms. The third-order valence-electron chi connectivity index (χ3n) is 2.98. The van der Waals surface area contributed by atoms with Gasteiger partial charge >= 0.3 is 0 Å². The monoisotopic (exact) mass is 255 g/mol. The summed E-state index contributed by atoms with van der Waals surface area (Å²) < 4.78 is 12.9. The molecule has 1 aliphatic rings. The molecule has 0 bridgehead atoms. The fraction of sp³-hybridized carbons (Fsp3) is 0.909. The zero-order valence-electron chi connectivity index (χ0n) is 11.5. The van der Waals surface area contributed by atoms with Crippen LogP contribution in [0.4, 0.5) is 0 Å². The number of hydrogen-bond donors (Lipinski definition) is 0. The number of nitrogens with zero attached hydrogens (tertiary/aromatic N) is 5. The summed E-state index contributed by atoms with van der Waals surface area (Å²) in [5.74, 6) is 0.865. The Morgan fingerprint density at radius 1 is 1.50 bits per heavy atom. The second-order valence-corrected chi connectivity index (χ2v) is 5.34. The third kappa shape index (κ3) is 3.24. The molecule has 0 amide bonds. The Balaban J connectivity index is 2.01. The van der Waals surface area contributed by atoms with Crippen molar-refractivity contribution in [3.8, 4) is 0 Å². The minimum atomic E-state index is -0.173. The average molecular weight is 255 g/mol. The van der Waals surface area contributed by atoms with Crippen LogP contribution in [0.3, 0.4) is 0 Å². The highest BCUT2D eigenvalue weighted by atomic mass is 16.5. The molecular formula is C11H21N5O2. The van der Waals surface area contributed by atoms with Gasteiger partial charge in [0, 0.05) is 27.2 Å². The molecule has 7 nitrogen and oxygen atoms in total. The highest BCUT2D eigenvalue weighted by molar-refractivity contribution is 4.88. The Labute approximate surface area is 107 Å². The van der Waals surface area contributed by atoms with Gasteiger partial charge in [-0.1, -0.05) is 0 Å². The molecule has 0 radical (unpaired) electrons. The lowest BCUT2D eigenvalue weighted by atomic mass is 10.1. The van der Waals surface area contributed by atoms with E-state index in [1.807, 2.05) is 7.05 Å². The lowest BCUT2D eigenvalue weighted by molar-refractivity contribution is -0.154. The molecular weight excluding hydrogens is 234 g/mol. The van der Waals surface area contributed by atoms with E-state index in [2.05, 4.69) is 34.3 Å². The van der Waals surface area contributed by atoms with Gasteiger partial charge in [-0.05, 0) is 24.3 Å². The van der Waals surface area contributed by atoms with Gasteiger partial charge in [-0.3, -0.25) is 4.90 Å². The van der Waals surface area contributed by atoms with Crippen molar-refractivity contribution in [3.63, 3.8) is 0 Å². The first-order chi connectivity index (χ1) is 8.50. The second-order valence-electron chi connectivity index (χ2n) is 5.34. The minimum Gasteiger partial charge on any atom is -0.382 e. The van der Waals surface area contributed by atoms with E-state index in [0.717, 1.165) is 25.5 Å². The molecule has 1 aliphatic heterocycles. The number of methoxy groups -OCH3 is 1. The molecule has 1 saturated heterocycles. The largest absolute Gasteiger partial charge is 0.382 e. The van der Waals surface area contributed by atoms with Gasteiger partial charge in [-0.25, -0.2) is 4.68 Å². The van der Waals surface area contributed by atoms with Gasteiger partial charge in [-0.2, -0.15) is 0 Å². The van der Waals surface area contributed by atoms with Gasteiger partial charge in [0.15, 0.2) is 5.82 Å². The predicted octanol–water partition coefficient (Wildman–Crippen LogP) is -0.164. The van der Waals surface area contributed by atoms with E-state index in [1.165, 1.54) is 0 Å². The van der Waals surface area contributed by atoms with Crippen molar-refractivity contribution in [2.75, 3.05) is 26.8 Å². The number of rotatable bonds is 4. The van der Waals surface area contributed by atoms with E-state index in [1.54, 1.807) is 11.8 Å². The minimum absolute atomic E-state index is 0.0972. The molecule has 0 N–H and O–H groups in total. The topological polar surface area (TPSA) is 65.3 Å². The van der Waals surface area contributed by atoms with Crippen LogP contribution in [-0.4, -0.2) is 63.6 Å². The third-order valence-corrected chi connectivity index (χ3v) is 2.98. The van der Waals surface area contributed by atoms with Crippen LogP contribution in [0.5, 0.6) is 0 Å². The number of aromatic nitrogens is 4. The molecule has 1 aromatic rings. The van der Waals surface area contributed by atoms with E-state index >= 15 is 0 Å². The SMILES string of the molecule is COCC1CN(Cc2nnnn2C)CC(C)(C)O1. The van der Waals surface area contributed by atoms with Crippen molar-refractivity contribution in [3.05, 3.63) is 5.82 Å². The molecule has 2 rings (SSSR count). The number of hydrogen-bond acceptors (Lipinski definition) is 6. The van der Waals surface area contributed by atoms with Crippen LogP contribution in [0.2, 0.25) is 0 Å². The normalized spacial score (nSPS) is 24.3. The maximum atomic E-state index is 5.97. The summed E-state index contributed by atoms with van der Waals surface area (Å²) in [6, 6.07) is 0. The quantitative estimate of drug-likeness (QED) is 0.744. The van der Waals surface area contributed by atoms with Crippen LogP contribution in [0.15, 0.2) is 0 Å². The van der Waals surface area contributed by atoms with Crippen molar-refractivity contribution in [1.82, 2.24) is 25.1 Å². The van der Waals surface area contributed by atoms with E-state index in [4.69, 9.17) is 9.47 Å². The Hall–Kier alpha value is -1.05. The molecule has 18 heavy (non-hydrogen) atoms. The average Bonchev–Trinajstić information content (AvgIpc) is 2.62. The number of aryl methyl sites for hydroxylation is 1. The zero-order chi connectivity index (χ0) is 13.2. The molecule has 1 atom stereocenters. The zero-order valence-corrected chi connectivity index (χ0v) is 11.5. The van der Waals surface area contributed by atoms with Gasteiger partial charge in [-0.15, -0.1) is 5.10 Å². The predicted molar refractivity (Wildman–Crippen MR) is 64.9 cm³/mol. The van der Waals surface area contributed by atoms with E-state index in [-0.39, 0.29) is 11.7 Å². The maximum Gasteiger partial charge on any atom is 0.164 e. The summed E-state index contributed by atoms with van der Waals surface area (Å²) in [5, 5.41) is 11.5. The Morgan fingerprint density at radius 3 is 2.89 bits per heavy atom. The van der Waals surface area contributed by atoms with Crippen molar-refractivity contribution < 1.29 is 9.47 Å². The summed E-state index contributed by atoms with van der Waals surface area (Å²) in [5.41, 5.74) is -0.173. The van der Waals surface area contributed by atoms with E-state index < -0.39 is 0 Å². The van der Waals surface area contributed by atoms with Crippen LogP contribution in [0.25, 0.3) is 0 Å². The Morgan fingerprint density at radius 2 is 2.28 bits per heavy atom. The summed E-state index contributed by atoms with van der Waals surface area (Å²) >= 11 is 0. The number of morpholine rings is 1. The molecule has 2 heterocycles. The molecule has 1 fully saturated rings. The van der Waals surface area contributed by atoms with E-state index in [0.29, 0.717) is 6.61 Å². The molecule has 1 unspecified atom stereocenters. The van der Waals surface area contributed by atoms with Gasteiger partial charge < -0.3 is 9.47 Å². The van der Waals surface area contributed by atoms with Crippen LogP contribution in [0, 0.1) is 0 Å². The number of tetrazole rings is 1. The fourth-order valence-electron chi connectivity index (χ4n) is 2.39. The van der Waals surface area contributed by atoms with Gasteiger partial charge in [0.1, 0.15) is 0 Å². The molecule has 0 aliphatic carbocycles. The van der Waals surface area contributed by atoms with Crippen molar-refractivity contribution in [1.29, 1.82) is 0 Å². The van der Waals surface area contributed by atoms with Crippen molar-refractivity contribution in [2.24, 2.45) is 7.05 Å². The fourth-order valence-corrected chi connectivity index (χ4v) is 2.39. The standard InChI is InChI=1S/C11H21N5O2/c1-11(2)8-16(5-9(18-11)7-17-4)6-10-12-13-14-15(10)3/h9H,5-8H2,1-4H3. The van der Waals surface area contributed by atoms with E-state index in [9.17, 15) is 0 Å². The lowest BCUT2D eigenvalue weighted by Crippen LogP contribution is -2.53. The Kier molecular flexibility index (Phi) is 3.94. The molecule has 0 saturated carbocycles. The Bertz CT molecular complexity index is 393. The lowest BCUT2D eigenvalue weighted by Gasteiger charge is -2.42. The maximum absolute atomic E-state index is 5.97. The summed E-state index contributed by atoms with van der Waals surface area (Å²) in [7, 11) is 3.55. The molecule has 1 aromatic heterocycles. The highest BCUT2D eigenvalue weighted by Gasteiger charge is 2.33. The first-order valence-electron chi connectivity index (χ1n) is 6.10. The summed E-state index contributed by atoms with van der Waals surface area (Å²) in [4.78, 5) is 2.30. The number of ether oxygens (including phenoxy) is 2. The van der Waals surface area contributed by atoms with Gasteiger partial charge in [0.05, 0.1) is 24.9 Å². The van der Waals surface area contributed by atoms with Crippen LogP contribution >= 0.6 is 0 Å². The smallest absolute Gasteiger partial charge is 0.164 e. The van der Waals surface area contributed by atoms with Crippen LogP contribution in [-0.2, 0) is 23.1 Å².